The molecule has 10 heteroatoms. The number of hydrogen-bond acceptors (Lipinski definition) is 6. The number of guanidine groups is 1. The van der Waals surface area contributed by atoms with E-state index in [9.17, 15) is 4.79 Å². The van der Waals surface area contributed by atoms with Crippen molar-refractivity contribution in [3.05, 3.63) is 24.2 Å². The third kappa shape index (κ3) is 4.01. The summed E-state index contributed by atoms with van der Waals surface area (Å²) in [7, 11) is 1.75. The second kappa shape index (κ2) is 8.42. The second-order valence-electron chi connectivity index (χ2n) is 6.80. The van der Waals surface area contributed by atoms with Gasteiger partial charge in [-0.1, -0.05) is 0 Å². The number of piperazine rings is 1. The van der Waals surface area contributed by atoms with Gasteiger partial charge in [-0.3, -0.25) is 14.9 Å². The summed E-state index contributed by atoms with van der Waals surface area (Å²) in [6.45, 7) is 3.96. The first-order valence-electron chi connectivity index (χ1n) is 9.56. The Morgan fingerprint density at radius 1 is 1.36 bits per heavy atom. The topological polar surface area (TPSA) is 112 Å². The lowest BCUT2D eigenvalue weighted by atomic mass is 10.2. The number of aromatic amines is 1. The summed E-state index contributed by atoms with van der Waals surface area (Å²) >= 11 is 0. The largest absolute Gasteiger partial charge is 0.461 e. The molecule has 2 N–H and O–H groups in total. The van der Waals surface area contributed by atoms with Crippen LogP contribution in [0.15, 0.2) is 27.8 Å². The number of nitrogens with zero attached hydrogens (tertiary/aromatic N) is 5. The molecule has 4 rings (SSSR count). The minimum absolute atomic E-state index is 0.118. The zero-order valence-electron chi connectivity index (χ0n) is 15.9. The van der Waals surface area contributed by atoms with E-state index in [1.54, 1.807) is 19.4 Å². The van der Waals surface area contributed by atoms with E-state index in [1.165, 1.54) is 0 Å². The highest BCUT2D eigenvalue weighted by Crippen LogP contribution is 2.16. The van der Waals surface area contributed by atoms with Crippen molar-refractivity contribution in [2.24, 2.45) is 4.99 Å². The molecular formula is C18H25N7O3. The summed E-state index contributed by atoms with van der Waals surface area (Å²) in [5.74, 6) is 2.74. The van der Waals surface area contributed by atoms with Crippen molar-refractivity contribution in [3.8, 4) is 11.6 Å². The van der Waals surface area contributed by atoms with Gasteiger partial charge in [0.15, 0.2) is 11.7 Å². The second-order valence-corrected chi connectivity index (χ2v) is 6.80. The van der Waals surface area contributed by atoms with Gasteiger partial charge in [-0.05, 0) is 25.0 Å². The predicted octanol–water partition coefficient (Wildman–Crippen LogP) is 0.463. The number of carbonyl (C=O) groups is 1. The highest BCUT2D eigenvalue weighted by Gasteiger charge is 2.30. The third-order valence-corrected chi connectivity index (χ3v) is 5.00. The molecule has 150 valence electrons. The van der Waals surface area contributed by atoms with Crippen LogP contribution in [0, 0.1) is 0 Å². The van der Waals surface area contributed by atoms with Crippen LogP contribution in [0.3, 0.4) is 0 Å². The van der Waals surface area contributed by atoms with Crippen LogP contribution in [0.5, 0.6) is 0 Å². The van der Waals surface area contributed by atoms with Crippen molar-refractivity contribution in [3.63, 3.8) is 0 Å². The van der Waals surface area contributed by atoms with Crippen LogP contribution in [0.25, 0.3) is 11.6 Å². The number of amides is 1. The van der Waals surface area contributed by atoms with Crippen molar-refractivity contribution in [1.29, 1.82) is 0 Å². The number of nitrogens with one attached hydrogen (secondary N) is 2. The lowest BCUT2D eigenvalue weighted by Crippen LogP contribution is -2.55. The first-order chi connectivity index (χ1) is 13.7. The highest BCUT2D eigenvalue weighted by molar-refractivity contribution is 5.82. The Kier molecular flexibility index (Phi) is 5.56. The van der Waals surface area contributed by atoms with Crippen LogP contribution in [0.2, 0.25) is 0 Å². The number of hydrogen-bond donors (Lipinski definition) is 2. The minimum atomic E-state index is -0.251. The number of carbonyl (C=O) groups excluding carboxylic acids is 1. The molecule has 28 heavy (non-hydrogen) atoms. The average Bonchev–Trinajstić information content (AvgIpc) is 3.50. The number of furan rings is 1. The summed E-state index contributed by atoms with van der Waals surface area (Å²) in [5.41, 5.74) is 0. The highest BCUT2D eigenvalue weighted by atomic mass is 16.5. The molecule has 0 aliphatic carbocycles. The molecule has 1 unspecified atom stereocenters. The van der Waals surface area contributed by atoms with Crippen LogP contribution >= 0.6 is 0 Å². The Labute approximate surface area is 163 Å². The van der Waals surface area contributed by atoms with E-state index in [1.807, 2.05) is 11.0 Å². The maximum atomic E-state index is 12.5. The van der Waals surface area contributed by atoms with Crippen LogP contribution < -0.4 is 5.32 Å². The van der Waals surface area contributed by atoms with Gasteiger partial charge < -0.3 is 24.3 Å². The fourth-order valence-corrected chi connectivity index (χ4v) is 3.50. The zero-order chi connectivity index (χ0) is 19.3. The first-order valence-corrected chi connectivity index (χ1v) is 9.56. The van der Waals surface area contributed by atoms with E-state index >= 15 is 0 Å². The minimum Gasteiger partial charge on any atom is -0.461 e. The lowest BCUT2D eigenvalue weighted by Gasteiger charge is -2.37. The van der Waals surface area contributed by atoms with Gasteiger partial charge in [0, 0.05) is 39.8 Å². The Hall–Kier alpha value is -2.88. The fraction of sp³-hybridized carbons (Fsp3) is 0.556. The van der Waals surface area contributed by atoms with Crippen molar-refractivity contribution in [2.75, 3.05) is 39.8 Å². The van der Waals surface area contributed by atoms with Crippen molar-refractivity contribution < 1.29 is 13.9 Å². The van der Waals surface area contributed by atoms with E-state index in [2.05, 4.69) is 30.4 Å². The standard InChI is InChI=1S/C18H25N7O3/c1-19-18(20-12-15-21-16(23-22-15)13-4-2-10-27-13)25-8-6-24(7-9-25)17(26)14-5-3-11-28-14/h2,4,10,14H,3,5-9,11-12H2,1H3,(H,19,20)(H,21,22,23). The Bertz CT molecular complexity index is 803. The van der Waals surface area contributed by atoms with Crippen molar-refractivity contribution in [2.45, 2.75) is 25.5 Å². The van der Waals surface area contributed by atoms with Crippen LogP contribution in [0.4, 0.5) is 0 Å². The van der Waals surface area contributed by atoms with Gasteiger partial charge in [-0.15, -0.1) is 5.10 Å². The van der Waals surface area contributed by atoms with E-state index in [0.29, 0.717) is 43.7 Å². The third-order valence-electron chi connectivity index (χ3n) is 5.00. The van der Waals surface area contributed by atoms with E-state index in [-0.39, 0.29) is 12.0 Å². The average molecular weight is 387 g/mol. The maximum absolute atomic E-state index is 12.5. The van der Waals surface area contributed by atoms with Crippen LogP contribution in [-0.2, 0) is 16.1 Å². The molecule has 2 saturated heterocycles. The molecule has 0 spiro atoms. The van der Waals surface area contributed by atoms with Gasteiger partial charge in [-0.25, -0.2) is 4.98 Å². The predicted molar refractivity (Wildman–Crippen MR) is 101 cm³/mol. The monoisotopic (exact) mass is 387 g/mol. The molecule has 2 aromatic heterocycles. The van der Waals surface area contributed by atoms with Crippen LogP contribution in [0.1, 0.15) is 18.7 Å². The number of aliphatic imine (C=N–C) groups is 1. The number of aromatic nitrogens is 3. The smallest absolute Gasteiger partial charge is 0.251 e. The van der Waals surface area contributed by atoms with Gasteiger partial charge in [0.1, 0.15) is 11.9 Å². The van der Waals surface area contributed by atoms with Crippen molar-refractivity contribution in [1.82, 2.24) is 30.3 Å². The Morgan fingerprint density at radius 3 is 2.86 bits per heavy atom. The zero-order valence-corrected chi connectivity index (χ0v) is 15.9. The normalized spacial score (nSPS) is 20.6. The summed E-state index contributed by atoms with van der Waals surface area (Å²) in [4.78, 5) is 25.3. The molecule has 10 nitrogen and oxygen atoms in total. The Balaban J connectivity index is 1.27. The van der Waals surface area contributed by atoms with E-state index in [4.69, 9.17) is 9.15 Å². The fourth-order valence-electron chi connectivity index (χ4n) is 3.50. The lowest BCUT2D eigenvalue weighted by molar-refractivity contribution is -0.142. The van der Waals surface area contributed by atoms with Gasteiger partial charge >= 0.3 is 0 Å². The summed E-state index contributed by atoms with van der Waals surface area (Å²) in [5, 5.41) is 10.4. The quantitative estimate of drug-likeness (QED) is 0.579. The van der Waals surface area contributed by atoms with E-state index < -0.39 is 0 Å². The first kappa shape index (κ1) is 18.5. The molecule has 1 atom stereocenters. The molecule has 0 saturated carbocycles. The van der Waals surface area contributed by atoms with Gasteiger partial charge in [-0.2, -0.15) is 0 Å². The van der Waals surface area contributed by atoms with Gasteiger partial charge in [0.05, 0.1) is 12.8 Å². The molecule has 2 aromatic rings. The van der Waals surface area contributed by atoms with Gasteiger partial charge in [0.2, 0.25) is 5.82 Å². The molecule has 2 aliphatic rings. The molecule has 2 aliphatic heterocycles. The molecule has 0 aromatic carbocycles. The Morgan fingerprint density at radius 2 is 2.18 bits per heavy atom. The van der Waals surface area contributed by atoms with Crippen LogP contribution in [-0.4, -0.2) is 82.8 Å². The molecule has 0 radical (unpaired) electrons. The molecule has 2 fully saturated rings. The number of rotatable bonds is 4. The molecule has 0 bridgehead atoms. The summed E-state index contributed by atoms with van der Waals surface area (Å²) < 4.78 is 10.8. The van der Waals surface area contributed by atoms with Gasteiger partial charge in [0.25, 0.3) is 5.91 Å². The molecular weight excluding hydrogens is 362 g/mol. The maximum Gasteiger partial charge on any atom is 0.251 e. The molecule has 1 amide bonds. The molecule has 4 heterocycles. The van der Waals surface area contributed by atoms with E-state index in [0.717, 1.165) is 31.9 Å². The SMILES string of the molecule is CN=C(NCc1nc(-c2ccco2)n[nH]1)N1CCN(C(=O)C2CCCO2)CC1. The summed E-state index contributed by atoms with van der Waals surface area (Å²) in [6.07, 6.45) is 3.14. The number of ether oxygens (including phenoxy) is 1. The summed E-state index contributed by atoms with van der Waals surface area (Å²) in [6, 6.07) is 3.62. The van der Waals surface area contributed by atoms with Crippen molar-refractivity contribution >= 4 is 11.9 Å². The number of H-pyrrole nitrogens is 1.